The van der Waals surface area contributed by atoms with Gasteiger partial charge >= 0.3 is 0 Å². The van der Waals surface area contributed by atoms with Crippen molar-refractivity contribution < 1.29 is 9.53 Å². The fraction of sp³-hybridized carbons (Fsp3) is 0.867. The number of nitrogens with one attached hydrogen (secondary N) is 2. The van der Waals surface area contributed by atoms with Crippen LogP contribution in [-0.2, 0) is 9.53 Å². The third-order valence-corrected chi connectivity index (χ3v) is 4.66. The lowest BCUT2D eigenvalue weighted by molar-refractivity contribution is -0.128. The van der Waals surface area contributed by atoms with Crippen molar-refractivity contribution in [3.63, 3.8) is 0 Å². The van der Waals surface area contributed by atoms with Crippen molar-refractivity contribution in [2.45, 2.75) is 26.7 Å². The van der Waals surface area contributed by atoms with Gasteiger partial charge in [-0.15, -0.1) is 24.0 Å². The zero-order valence-electron chi connectivity index (χ0n) is 14.1. The Balaban J connectivity index is 0.00000242. The van der Waals surface area contributed by atoms with Crippen LogP contribution in [0, 0.1) is 10.8 Å². The maximum Gasteiger partial charge on any atom is 0.227 e. The lowest BCUT2D eigenvalue weighted by Gasteiger charge is -2.28. The average Bonchev–Trinajstić information content (AvgIpc) is 3.09. The molecule has 0 aromatic rings. The number of ether oxygens (including phenoxy) is 1. The van der Waals surface area contributed by atoms with E-state index in [1.165, 1.54) is 0 Å². The number of carbonyl (C=O) groups is 1. The summed E-state index contributed by atoms with van der Waals surface area (Å²) < 4.78 is 5.56. The van der Waals surface area contributed by atoms with E-state index in [9.17, 15) is 4.79 Å². The van der Waals surface area contributed by atoms with Crippen molar-refractivity contribution in [3.8, 4) is 0 Å². The van der Waals surface area contributed by atoms with Crippen molar-refractivity contribution in [1.82, 2.24) is 15.5 Å². The van der Waals surface area contributed by atoms with Crippen LogP contribution in [0.4, 0.5) is 0 Å². The van der Waals surface area contributed by atoms with Gasteiger partial charge in [-0.25, -0.2) is 0 Å². The number of hydrogen-bond donors (Lipinski definition) is 2. The van der Waals surface area contributed by atoms with Crippen molar-refractivity contribution in [3.05, 3.63) is 0 Å². The van der Waals surface area contributed by atoms with Gasteiger partial charge in [0.15, 0.2) is 5.96 Å². The van der Waals surface area contributed by atoms with E-state index < -0.39 is 5.41 Å². The molecule has 2 fully saturated rings. The van der Waals surface area contributed by atoms with Crippen molar-refractivity contribution in [1.29, 1.82) is 0 Å². The Labute approximate surface area is 150 Å². The van der Waals surface area contributed by atoms with Gasteiger partial charge in [-0.1, -0.05) is 0 Å². The molecule has 1 spiro atoms. The Morgan fingerprint density at radius 3 is 2.68 bits per heavy atom. The first-order chi connectivity index (χ1) is 9.92. The van der Waals surface area contributed by atoms with E-state index in [1.54, 1.807) is 14.1 Å². The number of halogens is 1. The predicted molar refractivity (Wildman–Crippen MR) is 98.7 cm³/mol. The average molecular weight is 424 g/mol. The molecule has 2 saturated heterocycles. The number of rotatable bonds is 3. The summed E-state index contributed by atoms with van der Waals surface area (Å²) in [6.45, 7) is 8.18. The second-order valence-corrected chi connectivity index (χ2v) is 6.84. The summed E-state index contributed by atoms with van der Waals surface area (Å²) in [5.74, 6) is 0.920. The molecule has 128 valence electrons. The standard InChI is InChI=1S/C15H28N4O2.HI/c1-14(2,12(20)16-3)9-18-13(17-4)19-7-5-15(10-19)6-8-21-11-15;/h5-11H2,1-4H3,(H,16,20)(H,17,18);1H. The highest BCUT2D eigenvalue weighted by atomic mass is 127. The van der Waals surface area contributed by atoms with Gasteiger partial charge in [0.25, 0.3) is 0 Å². The maximum absolute atomic E-state index is 11.8. The van der Waals surface area contributed by atoms with Gasteiger partial charge in [-0.2, -0.15) is 0 Å². The van der Waals surface area contributed by atoms with Crippen LogP contribution in [0.1, 0.15) is 26.7 Å². The van der Waals surface area contributed by atoms with Crippen LogP contribution >= 0.6 is 24.0 Å². The maximum atomic E-state index is 11.8. The van der Waals surface area contributed by atoms with E-state index >= 15 is 0 Å². The summed E-state index contributed by atoms with van der Waals surface area (Å²) >= 11 is 0. The van der Waals surface area contributed by atoms with Crippen molar-refractivity contribution in [2.24, 2.45) is 15.8 Å². The molecular weight excluding hydrogens is 395 g/mol. The minimum atomic E-state index is -0.460. The molecule has 1 atom stereocenters. The molecule has 6 nitrogen and oxygen atoms in total. The molecule has 0 aromatic carbocycles. The summed E-state index contributed by atoms with van der Waals surface area (Å²) in [4.78, 5) is 18.5. The first-order valence-corrected chi connectivity index (χ1v) is 7.68. The molecule has 1 unspecified atom stereocenters. The minimum Gasteiger partial charge on any atom is -0.381 e. The fourth-order valence-corrected chi connectivity index (χ4v) is 3.14. The second-order valence-electron chi connectivity index (χ2n) is 6.84. The normalized spacial score (nSPS) is 25.3. The van der Waals surface area contributed by atoms with E-state index in [0.717, 1.165) is 45.1 Å². The Morgan fingerprint density at radius 1 is 1.41 bits per heavy atom. The topological polar surface area (TPSA) is 66.0 Å². The lowest BCUT2D eigenvalue weighted by atomic mass is 9.87. The number of aliphatic imine (C=N–C) groups is 1. The Bertz CT molecular complexity index is 420. The van der Waals surface area contributed by atoms with Gasteiger partial charge in [0.2, 0.25) is 5.91 Å². The highest BCUT2D eigenvalue weighted by Crippen LogP contribution is 2.38. The van der Waals surface area contributed by atoms with Crippen LogP contribution in [0.3, 0.4) is 0 Å². The Kier molecular flexibility index (Phi) is 6.91. The molecule has 0 bridgehead atoms. The first-order valence-electron chi connectivity index (χ1n) is 7.68. The molecule has 2 aliphatic heterocycles. The van der Waals surface area contributed by atoms with Crippen LogP contribution < -0.4 is 10.6 Å². The van der Waals surface area contributed by atoms with Crippen LogP contribution in [-0.4, -0.2) is 63.7 Å². The highest BCUT2D eigenvalue weighted by molar-refractivity contribution is 14.0. The molecule has 0 radical (unpaired) electrons. The molecule has 7 heteroatoms. The summed E-state index contributed by atoms with van der Waals surface area (Å²) in [5.41, 5.74) is -0.146. The van der Waals surface area contributed by atoms with Crippen LogP contribution in [0.25, 0.3) is 0 Å². The van der Waals surface area contributed by atoms with E-state index in [4.69, 9.17) is 4.74 Å². The number of likely N-dealkylation sites (tertiary alicyclic amines) is 1. The Hall–Kier alpha value is -0.570. The zero-order chi connectivity index (χ0) is 15.5. The van der Waals surface area contributed by atoms with Gasteiger partial charge in [0.1, 0.15) is 0 Å². The molecular formula is C15H29IN4O2. The minimum absolute atomic E-state index is 0. The number of nitrogens with zero attached hydrogens (tertiary/aromatic N) is 2. The number of amides is 1. The molecule has 2 rings (SSSR count). The van der Waals surface area contributed by atoms with Gasteiger partial charge in [-0.05, 0) is 26.7 Å². The van der Waals surface area contributed by atoms with Crippen molar-refractivity contribution in [2.75, 3.05) is 46.9 Å². The van der Waals surface area contributed by atoms with E-state index in [2.05, 4.69) is 20.5 Å². The number of guanidine groups is 1. The Morgan fingerprint density at radius 2 is 2.14 bits per heavy atom. The van der Waals surface area contributed by atoms with E-state index in [0.29, 0.717) is 12.0 Å². The largest absolute Gasteiger partial charge is 0.381 e. The van der Waals surface area contributed by atoms with Crippen LogP contribution in [0.15, 0.2) is 4.99 Å². The summed E-state index contributed by atoms with van der Waals surface area (Å²) in [6, 6.07) is 0. The first kappa shape index (κ1) is 19.5. The molecule has 1 amide bonds. The third-order valence-electron chi connectivity index (χ3n) is 4.66. The zero-order valence-corrected chi connectivity index (χ0v) is 16.4. The predicted octanol–water partition coefficient (Wildman–Crippen LogP) is 1.06. The number of carbonyl (C=O) groups excluding carboxylic acids is 1. The third kappa shape index (κ3) is 4.24. The quantitative estimate of drug-likeness (QED) is 0.404. The molecule has 2 aliphatic rings. The van der Waals surface area contributed by atoms with Gasteiger partial charge in [-0.3, -0.25) is 9.79 Å². The summed E-state index contributed by atoms with van der Waals surface area (Å²) in [5, 5.41) is 6.05. The van der Waals surface area contributed by atoms with Gasteiger partial charge < -0.3 is 20.3 Å². The fourth-order valence-electron chi connectivity index (χ4n) is 3.14. The summed E-state index contributed by atoms with van der Waals surface area (Å²) in [6.07, 6.45) is 2.30. The van der Waals surface area contributed by atoms with Gasteiger partial charge in [0, 0.05) is 45.8 Å². The smallest absolute Gasteiger partial charge is 0.227 e. The van der Waals surface area contributed by atoms with E-state index in [1.807, 2.05) is 13.8 Å². The molecule has 0 saturated carbocycles. The molecule has 0 aliphatic carbocycles. The molecule has 22 heavy (non-hydrogen) atoms. The lowest BCUT2D eigenvalue weighted by Crippen LogP contribution is -2.48. The van der Waals surface area contributed by atoms with E-state index in [-0.39, 0.29) is 29.9 Å². The molecule has 2 heterocycles. The molecule has 2 N–H and O–H groups in total. The second kappa shape index (κ2) is 7.81. The summed E-state index contributed by atoms with van der Waals surface area (Å²) in [7, 11) is 3.47. The van der Waals surface area contributed by atoms with Crippen LogP contribution in [0.2, 0.25) is 0 Å². The monoisotopic (exact) mass is 424 g/mol. The number of hydrogen-bond acceptors (Lipinski definition) is 3. The molecule has 0 aromatic heterocycles. The van der Waals surface area contributed by atoms with Gasteiger partial charge in [0.05, 0.1) is 12.0 Å². The SMILES string of the molecule is CN=C(NCC(C)(C)C(=O)NC)N1CCC2(CCOC2)C1.I. The van der Waals surface area contributed by atoms with Crippen molar-refractivity contribution >= 4 is 35.8 Å². The highest BCUT2D eigenvalue weighted by Gasteiger charge is 2.42. The van der Waals surface area contributed by atoms with Crippen LogP contribution in [0.5, 0.6) is 0 Å².